The highest BCUT2D eigenvalue weighted by Crippen LogP contribution is 2.30. The molecule has 0 aliphatic carbocycles. The number of ketones is 1. The Balaban J connectivity index is 2.22. The Morgan fingerprint density at radius 3 is 2.41 bits per heavy atom. The predicted molar refractivity (Wildman–Crippen MR) is 93.8 cm³/mol. The third-order valence-corrected chi connectivity index (χ3v) is 4.16. The van der Waals surface area contributed by atoms with Crippen molar-refractivity contribution in [1.82, 2.24) is 0 Å². The summed E-state index contributed by atoms with van der Waals surface area (Å²) < 4.78 is 13.3. The number of halogens is 2. The van der Waals surface area contributed by atoms with E-state index in [0.29, 0.717) is 18.8 Å². The molecule has 0 spiro atoms. The standard InChI is InChI=1S/C17H16Br2O3/c1-3-21-16-6-4-12(11(2)20)8-13(16)10-22-17-7-5-14(18)9-15(17)19/h4-9H,3,10H2,1-2H3. The molecule has 0 aliphatic rings. The van der Waals surface area contributed by atoms with Crippen molar-refractivity contribution in [1.29, 1.82) is 0 Å². The van der Waals surface area contributed by atoms with Gasteiger partial charge in [0.2, 0.25) is 0 Å². The van der Waals surface area contributed by atoms with Crippen molar-refractivity contribution < 1.29 is 14.3 Å². The van der Waals surface area contributed by atoms with Gasteiger partial charge in [-0.2, -0.15) is 0 Å². The van der Waals surface area contributed by atoms with Gasteiger partial charge in [-0.1, -0.05) is 15.9 Å². The van der Waals surface area contributed by atoms with E-state index in [0.717, 1.165) is 26.0 Å². The summed E-state index contributed by atoms with van der Waals surface area (Å²) >= 11 is 6.87. The number of hydrogen-bond donors (Lipinski definition) is 0. The third-order valence-electron chi connectivity index (χ3n) is 3.04. The molecule has 0 bridgehead atoms. The Morgan fingerprint density at radius 2 is 1.77 bits per heavy atom. The summed E-state index contributed by atoms with van der Waals surface area (Å²) in [6, 6.07) is 11.1. The van der Waals surface area contributed by atoms with Crippen LogP contribution in [0.3, 0.4) is 0 Å². The van der Waals surface area contributed by atoms with Crippen molar-refractivity contribution in [2.75, 3.05) is 6.61 Å². The molecule has 0 atom stereocenters. The molecule has 0 fully saturated rings. The van der Waals surface area contributed by atoms with E-state index in [4.69, 9.17) is 9.47 Å². The average molecular weight is 428 g/mol. The molecular formula is C17H16Br2O3. The van der Waals surface area contributed by atoms with Crippen LogP contribution in [0.4, 0.5) is 0 Å². The zero-order valence-electron chi connectivity index (χ0n) is 12.4. The summed E-state index contributed by atoms with van der Waals surface area (Å²) in [4.78, 5) is 11.5. The first-order chi connectivity index (χ1) is 10.5. The summed E-state index contributed by atoms with van der Waals surface area (Å²) in [7, 11) is 0. The first kappa shape index (κ1) is 17.0. The van der Waals surface area contributed by atoms with Gasteiger partial charge >= 0.3 is 0 Å². The van der Waals surface area contributed by atoms with Crippen molar-refractivity contribution in [3.05, 3.63) is 56.5 Å². The predicted octanol–water partition coefficient (Wildman–Crippen LogP) is 5.39. The summed E-state index contributed by atoms with van der Waals surface area (Å²) in [5.41, 5.74) is 1.50. The van der Waals surface area contributed by atoms with E-state index in [1.807, 2.05) is 37.3 Å². The fraction of sp³-hybridized carbons (Fsp3) is 0.235. The van der Waals surface area contributed by atoms with Crippen LogP contribution in [0.5, 0.6) is 11.5 Å². The molecular weight excluding hydrogens is 412 g/mol. The van der Waals surface area contributed by atoms with Crippen LogP contribution >= 0.6 is 31.9 Å². The summed E-state index contributed by atoms with van der Waals surface area (Å²) in [6.45, 7) is 4.37. The SMILES string of the molecule is CCOc1ccc(C(C)=O)cc1COc1ccc(Br)cc1Br. The number of rotatable bonds is 6. The van der Waals surface area contributed by atoms with Crippen molar-refractivity contribution >= 4 is 37.6 Å². The smallest absolute Gasteiger partial charge is 0.159 e. The second kappa shape index (κ2) is 7.79. The van der Waals surface area contributed by atoms with E-state index < -0.39 is 0 Å². The van der Waals surface area contributed by atoms with Gasteiger partial charge in [-0.3, -0.25) is 4.79 Å². The normalized spacial score (nSPS) is 10.4. The van der Waals surface area contributed by atoms with Crippen LogP contribution in [0.1, 0.15) is 29.8 Å². The molecule has 116 valence electrons. The highest BCUT2D eigenvalue weighted by atomic mass is 79.9. The van der Waals surface area contributed by atoms with Crippen molar-refractivity contribution in [2.24, 2.45) is 0 Å². The first-order valence-electron chi connectivity index (χ1n) is 6.85. The summed E-state index contributed by atoms with van der Waals surface area (Å²) in [5, 5.41) is 0. The van der Waals surface area contributed by atoms with Crippen LogP contribution in [-0.4, -0.2) is 12.4 Å². The van der Waals surface area contributed by atoms with Crippen molar-refractivity contribution in [3.8, 4) is 11.5 Å². The van der Waals surface area contributed by atoms with E-state index in [2.05, 4.69) is 31.9 Å². The lowest BCUT2D eigenvalue weighted by atomic mass is 10.1. The summed E-state index contributed by atoms with van der Waals surface area (Å²) in [6.07, 6.45) is 0. The number of benzene rings is 2. The summed E-state index contributed by atoms with van der Waals surface area (Å²) in [5.74, 6) is 1.49. The van der Waals surface area contributed by atoms with E-state index >= 15 is 0 Å². The Bertz CT molecular complexity index is 684. The van der Waals surface area contributed by atoms with Crippen LogP contribution in [0.15, 0.2) is 45.3 Å². The van der Waals surface area contributed by atoms with Gasteiger partial charge in [0.05, 0.1) is 11.1 Å². The van der Waals surface area contributed by atoms with E-state index in [9.17, 15) is 4.79 Å². The number of carbonyl (C=O) groups excluding carboxylic acids is 1. The molecule has 0 saturated carbocycles. The minimum atomic E-state index is 0.0223. The molecule has 0 aromatic heterocycles. The molecule has 0 saturated heterocycles. The topological polar surface area (TPSA) is 35.5 Å². The molecule has 0 N–H and O–H groups in total. The van der Waals surface area contributed by atoms with Gasteiger partial charge in [0, 0.05) is 15.6 Å². The molecule has 5 heteroatoms. The highest BCUT2D eigenvalue weighted by Gasteiger charge is 2.10. The quantitative estimate of drug-likeness (QED) is 0.579. The molecule has 0 aliphatic heterocycles. The van der Waals surface area contributed by atoms with Gasteiger partial charge in [0.15, 0.2) is 5.78 Å². The molecule has 3 nitrogen and oxygen atoms in total. The van der Waals surface area contributed by atoms with Gasteiger partial charge in [-0.25, -0.2) is 0 Å². The second-order valence-corrected chi connectivity index (χ2v) is 6.45. The monoisotopic (exact) mass is 426 g/mol. The lowest BCUT2D eigenvalue weighted by molar-refractivity contribution is 0.101. The lowest BCUT2D eigenvalue weighted by Crippen LogP contribution is -2.03. The van der Waals surface area contributed by atoms with E-state index in [1.165, 1.54) is 0 Å². The Labute approximate surface area is 146 Å². The fourth-order valence-electron chi connectivity index (χ4n) is 1.96. The number of ether oxygens (including phenoxy) is 2. The molecule has 22 heavy (non-hydrogen) atoms. The van der Waals surface area contributed by atoms with Crippen LogP contribution in [0.2, 0.25) is 0 Å². The van der Waals surface area contributed by atoms with Crippen LogP contribution in [0.25, 0.3) is 0 Å². The van der Waals surface area contributed by atoms with Crippen molar-refractivity contribution in [3.63, 3.8) is 0 Å². The third kappa shape index (κ3) is 4.34. The molecule has 0 heterocycles. The van der Waals surface area contributed by atoms with Gasteiger partial charge in [-0.15, -0.1) is 0 Å². The number of carbonyl (C=O) groups is 1. The highest BCUT2D eigenvalue weighted by molar-refractivity contribution is 9.11. The zero-order chi connectivity index (χ0) is 16.1. The number of hydrogen-bond acceptors (Lipinski definition) is 3. The largest absolute Gasteiger partial charge is 0.493 e. The van der Waals surface area contributed by atoms with Gasteiger partial charge in [-0.05, 0) is 66.2 Å². The zero-order valence-corrected chi connectivity index (χ0v) is 15.5. The van der Waals surface area contributed by atoms with E-state index in [-0.39, 0.29) is 5.78 Å². The Hall–Kier alpha value is -1.33. The maximum absolute atomic E-state index is 11.5. The molecule has 2 aromatic rings. The molecule has 2 rings (SSSR count). The molecule has 0 amide bonds. The maximum Gasteiger partial charge on any atom is 0.159 e. The fourth-order valence-corrected chi connectivity index (χ4v) is 3.12. The van der Waals surface area contributed by atoms with Gasteiger partial charge in [0.25, 0.3) is 0 Å². The maximum atomic E-state index is 11.5. The van der Waals surface area contributed by atoms with E-state index in [1.54, 1.807) is 13.0 Å². The lowest BCUT2D eigenvalue weighted by Gasteiger charge is -2.13. The van der Waals surface area contributed by atoms with Crippen molar-refractivity contribution in [2.45, 2.75) is 20.5 Å². The number of Topliss-reactive ketones (excluding diaryl/α,β-unsaturated/α-hetero) is 1. The first-order valence-corrected chi connectivity index (χ1v) is 8.44. The molecule has 2 aromatic carbocycles. The molecule has 0 radical (unpaired) electrons. The average Bonchev–Trinajstić information content (AvgIpc) is 2.47. The van der Waals surface area contributed by atoms with Gasteiger partial charge < -0.3 is 9.47 Å². The van der Waals surface area contributed by atoms with Gasteiger partial charge in [0.1, 0.15) is 18.1 Å². The van der Waals surface area contributed by atoms with Crippen LogP contribution < -0.4 is 9.47 Å². The minimum absolute atomic E-state index is 0.0223. The minimum Gasteiger partial charge on any atom is -0.493 e. The Morgan fingerprint density at radius 1 is 1.05 bits per heavy atom. The molecule has 0 unspecified atom stereocenters. The Kier molecular flexibility index (Phi) is 6.03. The van der Waals surface area contributed by atoms with Crippen LogP contribution in [-0.2, 0) is 6.61 Å². The second-order valence-electron chi connectivity index (χ2n) is 4.68. The van der Waals surface area contributed by atoms with Crippen LogP contribution in [0, 0.1) is 0 Å².